The number of phenols is 1. The van der Waals surface area contributed by atoms with E-state index < -0.39 is 0 Å². The van der Waals surface area contributed by atoms with Gasteiger partial charge in [0, 0.05) is 4.47 Å². The fourth-order valence-electron chi connectivity index (χ4n) is 2.39. The van der Waals surface area contributed by atoms with E-state index in [1.807, 2.05) is 30.3 Å². The SMILES string of the molecule is CCOc1cc(/C=C2/SC(=S)N(c3ccccc3)C2=O)c(Br)c(Cl)c1O. The van der Waals surface area contributed by atoms with Crippen molar-refractivity contribution in [1.82, 2.24) is 0 Å². The number of benzene rings is 2. The zero-order valence-corrected chi connectivity index (χ0v) is 17.5. The molecule has 1 aliphatic heterocycles. The molecule has 1 amide bonds. The minimum Gasteiger partial charge on any atom is -0.503 e. The Morgan fingerprint density at radius 3 is 2.73 bits per heavy atom. The number of carbonyl (C=O) groups is 1. The van der Waals surface area contributed by atoms with Gasteiger partial charge < -0.3 is 9.84 Å². The quantitative estimate of drug-likeness (QED) is 0.465. The fourth-order valence-corrected chi connectivity index (χ4v) is 4.30. The minimum absolute atomic E-state index is 0.126. The molecule has 0 atom stereocenters. The second kappa shape index (κ2) is 8.00. The first-order valence-corrected chi connectivity index (χ1v) is 10.00. The molecular weight excluding hydrogens is 458 g/mol. The number of amides is 1. The number of rotatable bonds is 4. The molecule has 0 aromatic heterocycles. The van der Waals surface area contributed by atoms with Crippen LogP contribution in [0.1, 0.15) is 12.5 Å². The van der Waals surface area contributed by atoms with E-state index in [0.717, 1.165) is 5.69 Å². The molecule has 8 heteroatoms. The molecule has 1 aliphatic rings. The zero-order valence-electron chi connectivity index (χ0n) is 13.5. The Bertz CT molecular complexity index is 918. The Hall–Kier alpha value is -1.54. The molecular formula is C18H13BrClNO3S2. The number of para-hydroxylation sites is 1. The van der Waals surface area contributed by atoms with Crippen LogP contribution in [0.2, 0.25) is 5.02 Å². The monoisotopic (exact) mass is 469 g/mol. The van der Waals surface area contributed by atoms with Gasteiger partial charge in [0.15, 0.2) is 15.8 Å². The number of thioether (sulfide) groups is 1. The number of hydrogen-bond acceptors (Lipinski definition) is 5. The fraction of sp³-hybridized carbons (Fsp3) is 0.111. The summed E-state index contributed by atoms with van der Waals surface area (Å²) in [4.78, 5) is 14.8. The summed E-state index contributed by atoms with van der Waals surface area (Å²) in [6, 6.07) is 10.9. The predicted octanol–water partition coefficient (Wildman–Crippen LogP) is 5.61. The second-order valence-corrected chi connectivity index (χ2v) is 8.07. The van der Waals surface area contributed by atoms with Crippen LogP contribution in [0.3, 0.4) is 0 Å². The Labute approximate surface area is 173 Å². The highest BCUT2D eigenvalue weighted by Gasteiger charge is 2.33. The van der Waals surface area contributed by atoms with Gasteiger partial charge in [-0.3, -0.25) is 9.69 Å². The molecule has 3 rings (SSSR count). The highest BCUT2D eigenvalue weighted by atomic mass is 79.9. The number of ether oxygens (including phenoxy) is 1. The number of phenolic OH excluding ortho intramolecular Hbond substituents is 1. The van der Waals surface area contributed by atoms with Gasteiger partial charge in [-0.2, -0.15) is 0 Å². The predicted molar refractivity (Wildman–Crippen MR) is 114 cm³/mol. The van der Waals surface area contributed by atoms with Crippen LogP contribution in [-0.2, 0) is 4.79 Å². The molecule has 2 aromatic carbocycles. The van der Waals surface area contributed by atoms with Crippen LogP contribution in [0, 0.1) is 0 Å². The van der Waals surface area contributed by atoms with Crippen LogP contribution >= 0.6 is 51.5 Å². The van der Waals surface area contributed by atoms with E-state index >= 15 is 0 Å². The summed E-state index contributed by atoms with van der Waals surface area (Å²) in [6.45, 7) is 2.18. The lowest BCUT2D eigenvalue weighted by molar-refractivity contribution is -0.113. The maximum absolute atomic E-state index is 12.8. The van der Waals surface area contributed by atoms with Crippen molar-refractivity contribution in [3.8, 4) is 11.5 Å². The first-order chi connectivity index (χ1) is 12.4. The minimum atomic E-state index is -0.208. The average Bonchev–Trinajstić information content (AvgIpc) is 2.91. The van der Waals surface area contributed by atoms with E-state index in [0.29, 0.717) is 25.9 Å². The van der Waals surface area contributed by atoms with Crippen LogP contribution in [0.5, 0.6) is 11.5 Å². The van der Waals surface area contributed by atoms with Crippen molar-refractivity contribution in [2.45, 2.75) is 6.92 Å². The van der Waals surface area contributed by atoms with Crippen molar-refractivity contribution in [2.24, 2.45) is 0 Å². The van der Waals surface area contributed by atoms with E-state index in [2.05, 4.69) is 15.9 Å². The lowest BCUT2D eigenvalue weighted by Gasteiger charge is -2.14. The van der Waals surface area contributed by atoms with Gasteiger partial charge in [0.25, 0.3) is 5.91 Å². The number of thiocarbonyl (C=S) groups is 1. The van der Waals surface area contributed by atoms with Crippen LogP contribution < -0.4 is 9.64 Å². The molecule has 0 unspecified atom stereocenters. The topological polar surface area (TPSA) is 49.8 Å². The maximum atomic E-state index is 12.8. The summed E-state index contributed by atoms with van der Waals surface area (Å²) in [6.07, 6.45) is 1.68. The van der Waals surface area contributed by atoms with Crippen LogP contribution in [0.4, 0.5) is 5.69 Å². The molecule has 0 aliphatic carbocycles. The van der Waals surface area contributed by atoms with E-state index in [1.165, 1.54) is 16.7 Å². The summed E-state index contributed by atoms with van der Waals surface area (Å²) >= 11 is 16.1. The maximum Gasteiger partial charge on any atom is 0.270 e. The van der Waals surface area contributed by atoms with Crippen LogP contribution in [0.15, 0.2) is 45.8 Å². The zero-order chi connectivity index (χ0) is 18.8. The number of aromatic hydroxyl groups is 1. The molecule has 0 spiro atoms. The third kappa shape index (κ3) is 3.62. The number of hydrogen-bond donors (Lipinski definition) is 1. The molecule has 0 bridgehead atoms. The van der Waals surface area contributed by atoms with E-state index in [-0.39, 0.29) is 22.4 Å². The molecule has 1 heterocycles. The van der Waals surface area contributed by atoms with E-state index in [1.54, 1.807) is 19.1 Å². The van der Waals surface area contributed by atoms with Crippen LogP contribution in [0.25, 0.3) is 6.08 Å². The molecule has 1 N–H and O–H groups in total. The second-order valence-electron chi connectivity index (χ2n) is 5.23. The summed E-state index contributed by atoms with van der Waals surface area (Å²) < 4.78 is 6.34. The summed E-state index contributed by atoms with van der Waals surface area (Å²) in [5, 5.41) is 10.2. The number of anilines is 1. The molecule has 134 valence electrons. The van der Waals surface area contributed by atoms with Gasteiger partial charge in [0.2, 0.25) is 0 Å². The lowest BCUT2D eigenvalue weighted by atomic mass is 10.1. The number of nitrogens with zero attached hydrogens (tertiary/aromatic N) is 1. The van der Waals surface area contributed by atoms with Crippen molar-refractivity contribution in [2.75, 3.05) is 11.5 Å². The molecule has 2 aromatic rings. The highest BCUT2D eigenvalue weighted by molar-refractivity contribution is 9.10. The van der Waals surface area contributed by atoms with Crippen LogP contribution in [-0.4, -0.2) is 21.9 Å². The van der Waals surface area contributed by atoms with E-state index in [4.69, 9.17) is 28.6 Å². The molecule has 0 radical (unpaired) electrons. The molecule has 1 fully saturated rings. The van der Waals surface area contributed by atoms with Crippen molar-refractivity contribution < 1.29 is 14.6 Å². The molecule has 26 heavy (non-hydrogen) atoms. The Morgan fingerprint density at radius 1 is 1.38 bits per heavy atom. The van der Waals surface area contributed by atoms with Crippen molar-refractivity contribution in [3.05, 3.63) is 56.4 Å². The van der Waals surface area contributed by atoms with Gasteiger partial charge in [-0.05, 0) is 52.7 Å². The van der Waals surface area contributed by atoms with E-state index in [9.17, 15) is 9.90 Å². The lowest BCUT2D eigenvalue weighted by Crippen LogP contribution is -2.27. The standard InChI is InChI=1S/C18H13BrClNO3S2/c1-2-24-12-8-10(14(19)15(20)16(12)22)9-13-17(23)21(18(25)26-13)11-6-4-3-5-7-11/h3-9,22H,2H2,1H3/b13-9+. The van der Waals surface area contributed by atoms with Gasteiger partial charge in [0.1, 0.15) is 5.02 Å². The Kier molecular flexibility index (Phi) is 5.92. The average molecular weight is 471 g/mol. The number of carbonyl (C=O) groups excluding carboxylic acids is 1. The van der Waals surface area contributed by atoms with Crippen molar-refractivity contribution >= 4 is 73.5 Å². The largest absolute Gasteiger partial charge is 0.503 e. The third-order valence-electron chi connectivity index (χ3n) is 3.57. The van der Waals surface area contributed by atoms with Gasteiger partial charge >= 0.3 is 0 Å². The van der Waals surface area contributed by atoms with Gasteiger partial charge in [-0.25, -0.2) is 0 Å². The summed E-state index contributed by atoms with van der Waals surface area (Å²) in [5.41, 5.74) is 1.33. The number of halogens is 2. The van der Waals surface area contributed by atoms with Gasteiger partial charge in [-0.15, -0.1) is 0 Å². The Morgan fingerprint density at radius 2 is 2.08 bits per heavy atom. The Balaban J connectivity index is 2.01. The highest BCUT2D eigenvalue weighted by Crippen LogP contribution is 2.44. The van der Waals surface area contributed by atoms with Gasteiger partial charge in [0.05, 0.1) is 17.2 Å². The first kappa shape index (κ1) is 19.2. The summed E-state index contributed by atoms with van der Waals surface area (Å²) in [7, 11) is 0. The summed E-state index contributed by atoms with van der Waals surface area (Å²) in [5.74, 6) is -0.0971. The normalized spacial score (nSPS) is 15.8. The van der Waals surface area contributed by atoms with Crippen molar-refractivity contribution in [1.29, 1.82) is 0 Å². The smallest absolute Gasteiger partial charge is 0.270 e. The molecule has 1 saturated heterocycles. The van der Waals surface area contributed by atoms with Gasteiger partial charge in [-0.1, -0.05) is 53.8 Å². The molecule has 0 saturated carbocycles. The molecule has 4 nitrogen and oxygen atoms in total. The third-order valence-corrected chi connectivity index (χ3v) is 6.32. The first-order valence-electron chi connectivity index (χ1n) is 7.60. The van der Waals surface area contributed by atoms with Crippen molar-refractivity contribution in [3.63, 3.8) is 0 Å².